The van der Waals surface area contributed by atoms with E-state index in [0.29, 0.717) is 51.5 Å². The summed E-state index contributed by atoms with van der Waals surface area (Å²) in [6.07, 6.45) is 0.762. The Labute approximate surface area is 209 Å². The van der Waals surface area contributed by atoms with Crippen LogP contribution >= 0.6 is 0 Å². The summed E-state index contributed by atoms with van der Waals surface area (Å²) in [4.78, 5) is 41.4. The van der Waals surface area contributed by atoms with Crippen molar-refractivity contribution in [3.05, 3.63) is 98.2 Å². The molecular weight excluding hydrogens is 458 g/mol. The summed E-state index contributed by atoms with van der Waals surface area (Å²) in [5, 5.41) is 10.7. The fourth-order valence-corrected chi connectivity index (χ4v) is 4.99. The highest BCUT2D eigenvalue weighted by atomic mass is 16.5. The molecule has 1 aliphatic rings. The van der Waals surface area contributed by atoms with Crippen molar-refractivity contribution in [2.45, 2.75) is 40.0 Å². The standard InChI is InChI=1S/C29H29NO6/c1-6-14-30-17(3)24(27(32)19-10-12-20(35-5)13-11-19)26(25(18(30)4)29(33)34)22-9-7-8-21-23(31)15-16(2)36-28(21)22/h7-13,15,26H,6,14H2,1-5H3,(H,33,34). The lowest BCUT2D eigenvalue weighted by Gasteiger charge is -2.38. The number of ketones is 1. The van der Waals surface area contributed by atoms with Crippen LogP contribution in [0.2, 0.25) is 0 Å². The van der Waals surface area contributed by atoms with Gasteiger partial charge in [-0.25, -0.2) is 4.79 Å². The van der Waals surface area contributed by atoms with Gasteiger partial charge in [-0.2, -0.15) is 0 Å². The lowest BCUT2D eigenvalue weighted by molar-refractivity contribution is -0.133. The number of aryl methyl sites for hydroxylation is 1. The molecule has 0 aliphatic carbocycles. The number of carboxylic acid groups (broad SMARTS) is 1. The molecule has 0 spiro atoms. The number of rotatable bonds is 7. The summed E-state index contributed by atoms with van der Waals surface area (Å²) in [5.74, 6) is -1.33. The molecule has 7 heteroatoms. The molecule has 1 aliphatic heterocycles. The van der Waals surface area contributed by atoms with Crippen molar-refractivity contribution < 1.29 is 23.8 Å². The van der Waals surface area contributed by atoms with Crippen LogP contribution in [0.3, 0.4) is 0 Å². The van der Waals surface area contributed by atoms with Crippen LogP contribution in [-0.4, -0.2) is 35.4 Å². The molecule has 0 saturated carbocycles. The van der Waals surface area contributed by atoms with Crippen LogP contribution in [0.5, 0.6) is 5.75 Å². The molecule has 1 atom stereocenters. The van der Waals surface area contributed by atoms with Crippen molar-refractivity contribution in [1.82, 2.24) is 4.90 Å². The second-order valence-corrected chi connectivity index (χ2v) is 8.89. The van der Waals surface area contributed by atoms with Gasteiger partial charge in [-0.05, 0) is 57.5 Å². The Morgan fingerprint density at radius 2 is 1.69 bits per heavy atom. The van der Waals surface area contributed by atoms with Crippen molar-refractivity contribution in [2.75, 3.05) is 13.7 Å². The van der Waals surface area contributed by atoms with E-state index in [-0.39, 0.29) is 22.4 Å². The van der Waals surface area contributed by atoms with Crippen molar-refractivity contribution in [3.63, 3.8) is 0 Å². The SMILES string of the molecule is CCCN1C(C)=C(C(=O)O)C(c2cccc3c(=O)cc(C)oc23)C(C(=O)c2ccc(OC)cc2)=C1C. The molecule has 1 unspecified atom stereocenters. The maximum absolute atomic E-state index is 14.1. The van der Waals surface area contributed by atoms with Crippen LogP contribution in [0.15, 0.2) is 80.3 Å². The van der Waals surface area contributed by atoms with Gasteiger partial charge in [-0.15, -0.1) is 0 Å². The normalized spacial score (nSPS) is 16.0. The van der Waals surface area contributed by atoms with E-state index in [9.17, 15) is 19.5 Å². The molecule has 0 amide bonds. The van der Waals surface area contributed by atoms with Crippen molar-refractivity contribution in [3.8, 4) is 5.75 Å². The molecule has 1 N–H and O–H groups in total. The molecule has 7 nitrogen and oxygen atoms in total. The second-order valence-electron chi connectivity index (χ2n) is 8.89. The number of carbonyl (C=O) groups is 2. The molecular formula is C29H29NO6. The van der Waals surface area contributed by atoms with Gasteiger partial charge in [0, 0.05) is 40.7 Å². The fourth-order valence-electron chi connectivity index (χ4n) is 4.99. The Kier molecular flexibility index (Phi) is 6.84. The van der Waals surface area contributed by atoms with E-state index in [1.54, 1.807) is 63.4 Å². The lowest BCUT2D eigenvalue weighted by Crippen LogP contribution is -2.35. The quantitative estimate of drug-likeness (QED) is 0.444. The predicted molar refractivity (Wildman–Crippen MR) is 137 cm³/mol. The van der Waals surface area contributed by atoms with Crippen LogP contribution in [0.1, 0.15) is 54.8 Å². The third-order valence-electron chi connectivity index (χ3n) is 6.66. The first kappa shape index (κ1) is 25.0. The number of fused-ring (bicyclic) bond motifs is 1. The van der Waals surface area contributed by atoms with Crippen LogP contribution in [-0.2, 0) is 4.79 Å². The second kappa shape index (κ2) is 9.85. The summed E-state index contributed by atoms with van der Waals surface area (Å²) in [6, 6.07) is 13.2. The maximum atomic E-state index is 14.1. The summed E-state index contributed by atoms with van der Waals surface area (Å²) in [7, 11) is 1.55. The van der Waals surface area contributed by atoms with Crippen LogP contribution in [0.25, 0.3) is 11.0 Å². The minimum Gasteiger partial charge on any atom is -0.497 e. The number of aliphatic carboxylic acids is 1. The van der Waals surface area contributed by atoms with E-state index in [1.807, 2.05) is 18.7 Å². The van der Waals surface area contributed by atoms with Gasteiger partial charge in [0.05, 0.1) is 24.0 Å². The third kappa shape index (κ3) is 4.21. The minimum atomic E-state index is -1.13. The van der Waals surface area contributed by atoms with E-state index >= 15 is 0 Å². The zero-order chi connectivity index (χ0) is 26.1. The highest BCUT2D eigenvalue weighted by Crippen LogP contribution is 2.45. The third-order valence-corrected chi connectivity index (χ3v) is 6.66. The summed E-state index contributed by atoms with van der Waals surface area (Å²) in [6.45, 7) is 7.83. The van der Waals surface area contributed by atoms with Gasteiger partial charge in [0.15, 0.2) is 11.2 Å². The van der Waals surface area contributed by atoms with Gasteiger partial charge in [-0.3, -0.25) is 9.59 Å². The molecule has 2 aromatic carbocycles. The number of ether oxygens (including phenoxy) is 1. The molecule has 0 saturated heterocycles. The topological polar surface area (TPSA) is 97.0 Å². The molecule has 1 aromatic heterocycles. The van der Waals surface area contributed by atoms with Crippen molar-refractivity contribution in [1.29, 1.82) is 0 Å². The zero-order valence-electron chi connectivity index (χ0n) is 21.0. The molecule has 0 bridgehead atoms. The van der Waals surface area contributed by atoms with E-state index in [2.05, 4.69) is 0 Å². The molecule has 4 rings (SSSR count). The first-order valence-corrected chi connectivity index (χ1v) is 11.8. The number of benzene rings is 2. The maximum Gasteiger partial charge on any atom is 0.334 e. The number of Topliss-reactive ketones (excluding diaryl/α,β-unsaturated/α-hetero) is 1. The minimum absolute atomic E-state index is 0.0857. The fraction of sp³-hybridized carbons (Fsp3) is 0.276. The summed E-state index contributed by atoms with van der Waals surface area (Å²) >= 11 is 0. The van der Waals surface area contributed by atoms with Crippen molar-refractivity contribution in [2.24, 2.45) is 0 Å². The first-order valence-electron chi connectivity index (χ1n) is 11.8. The Morgan fingerprint density at radius 1 is 1.03 bits per heavy atom. The van der Waals surface area contributed by atoms with Gasteiger partial charge in [0.1, 0.15) is 17.1 Å². The Morgan fingerprint density at radius 3 is 2.31 bits per heavy atom. The Hall–Kier alpha value is -4.13. The summed E-state index contributed by atoms with van der Waals surface area (Å²) < 4.78 is 11.2. The molecule has 0 fully saturated rings. The zero-order valence-corrected chi connectivity index (χ0v) is 21.0. The molecule has 36 heavy (non-hydrogen) atoms. The number of nitrogens with zero attached hydrogens (tertiary/aromatic N) is 1. The van der Waals surface area contributed by atoms with Gasteiger partial charge in [0.25, 0.3) is 0 Å². The largest absolute Gasteiger partial charge is 0.497 e. The highest BCUT2D eigenvalue weighted by molar-refractivity contribution is 6.12. The smallest absolute Gasteiger partial charge is 0.334 e. The monoisotopic (exact) mass is 487 g/mol. The number of carboxylic acids is 1. The molecule has 186 valence electrons. The number of hydrogen-bond donors (Lipinski definition) is 1. The van der Waals surface area contributed by atoms with E-state index in [1.165, 1.54) is 6.07 Å². The molecule has 0 radical (unpaired) electrons. The van der Waals surface area contributed by atoms with Crippen LogP contribution in [0.4, 0.5) is 0 Å². The Balaban J connectivity index is 2.05. The number of methoxy groups -OCH3 is 1. The highest BCUT2D eigenvalue weighted by Gasteiger charge is 2.40. The number of carbonyl (C=O) groups excluding carboxylic acids is 1. The van der Waals surface area contributed by atoms with Crippen molar-refractivity contribution >= 4 is 22.7 Å². The van der Waals surface area contributed by atoms with E-state index < -0.39 is 11.9 Å². The van der Waals surface area contributed by atoms with E-state index in [4.69, 9.17) is 9.15 Å². The van der Waals surface area contributed by atoms with Gasteiger partial charge < -0.3 is 19.2 Å². The summed E-state index contributed by atoms with van der Waals surface area (Å²) in [5.41, 5.74) is 2.61. The molecule has 3 aromatic rings. The first-order chi connectivity index (χ1) is 17.2. The average molecular weight is 488 g/mol. The Bertz CT molecular complexity index is 1480. The van der Waals surface area contributed by atoms with Gasteiger partial charge in [0.2, 0.25) is 0 Å². The van der Waals surface area contributed by atoms with Gasteiger partial charge in [-0.1, -0.05) is 19.1 Å². The lowest BCUT2D eigenvalue weighted by atomic mass is 9.76. The number of hydrogen-bond acceptors (Lipinski definition) is 6. The van der Waals surface area contributed by atoms with E-state index in [0.717, 1.165) is 6.42 Å². The van der Waals surface area contributed by atoms with Gasteiger partial charge >= 0.3 is 5.97 Å². The average Bonchev–Trinajstić information content (AvgIpc) is 2.85. The number of allylic oxidation sites excluding steroid dienone is 3. The number of para-hydroxylation sites is 1. The predicted octanol–water partition coefficient (Wildman–Crippen LogP) is 5.43. The van der Waals surface area contributed by atoms with Crippen LogP contribution in [0, 0.1) is 6.92 Å². The molecule has 2 heterocycles. The van der Waals surface area contributed by atoms with Crippen LogP contribution < -0.4 is 10.2 Å².